The molecule has 56 heteroatoms. The molecule has 5 amide bonds. The lowest BCUT2D eigenvalue weighted by atomic mass is 9.81. The summed E-state index contributed by atoms with van der Waals surface area (Å²) in [4.78, 5) is 180. The minimum Gasteiger partial charge on any atom is -0.481 e. The maximum absolute atomic E-state index is 13.4. The second-order valence-electron chi connectivity index (χ2n) is 25.3. The van der Waals surface area contributed by atoms with Gasteiger partial charge in [-0.1, -0.05) is 0 Å². The van der Waals surface area contributed by atoms with Gasteiger partial charge >= 0.3 is 50.8 Å². The average Bonchev–Trinajstić information content (AvgIpc) is 1.62. The first-order chi connectivity index (χ1) is 52.0. The van der Waals surface area contributed by atoms with E-state index in [1.807, 2.05) is 5.32 Å². The number of carbonyl (C=O) groups excluding carboxylic acids is 4. The Labute approximate surface area is 643 Å². The Balaban J connectivity index is 0.680. The van der Waals surface area contributed by atoms with Crippen LogP contribution in [0.4, 0.5) is 22.2 Å². The van der Waals surface area contributed by atoms with Crippen LogP contribution in [0.5, 0.6) is 0 Å². The van der Waals surface area contributed by atoms with E-state index in [0.717, 1.165) is 35.6 Å². The van der Waals surface area contributed by atoms with Crippen LogP contribution in [0.2, 0.25) is 0 Å². The Morgan fingerprint density at radius 2 is 1.01 bits per heavy atom. The Kier molecular flexibility index (Phi) is 27.3. The van der Waals surface area contributed by atoms with Crippen molar-refractivity contribution in [3.05, 3.63) is 38.0 Å². The van der Waals surface area contributed by atoms with Gasteiger partial charge in [0.2, 0.25) is 17.7 Å². The monoisotopic (exact) mass is 1720 g/mol. The van der Waals surface area contributed by atoms with Gasteiger partial charge in [-0.2, -0.15) is 0 Å². The summed E-state index contributed by atoms with van der Waals surface area (Å²) in [5.74, 6) is -6.89. The van der Waals surface area contributed by atoms with E-state index in [1.165, 1.54) is 32.7 Å². The number of nitrogens with two attached hydrogens (primary N) is 3. The van der Waals surface area contributed by atoms with Gasteiger partial charge in [0.05, 0.1) is 50.7 Å². The van der Waals surface area contributed by atoms with E-state index in [2.05, 4.69) is 67.3 Å². The normalized spacial score (nSPS) is 28.1. The van der Waals surface area contributed by atoms with Crippen molar-refractivity contribution < 1.29 is 135 Å². The summed E-state index contributed by atoms with van der Waals surface area (Å²) in [6.45, 7) is -20.6. The molecule has 1 aliphatic carbocycles. The third kappa shape index (κ3) is 20.4. The highest BCUT2D eigenvalue weighted by Gasteiger charge is 2.54. The number of anilines is 3. The molecule has 6 aromatic rings. The van der Waals surface area contributed by atoms with Gasteiger partial charge in [-0.15, -0.1) is 11.8 Å². The van der Waals surface area contributed by atoms with Crippen LogP contribution in [0.3, 0.4) is 0 Å². The number of ether oxygens (including phenoxy) is 3. The Hall–Kier alpha value is -6.43. The number of fused-ring (bicyclic) bond motifs is 3. The van der Waals surface area contributed by atoms with Gasteiger partial charge in [-0.25, -0.2) is 59.2 Å². The van der Waals surface area contributed by atoms with E-state index in [4.69, 9.17) is 104 Å². The number of carboxylic acid groups (broad SMARTS) is 3. The molecule has 6 aromatic heterocycles. The molecule has 20 N–H and O–H groups in total. The highest BCUT2D eigenvalue weighted by Crippen LogP contribution is 2.55. The van der Waals surface area contributed by atoms with Crippen molar-refractivity contribution in [2.45, 2.75) is 142 Å². The predicted molar refractivity (Wildman–Crippen MR) is 388 cm³/mol. The molecule has 1 saturated carbocycles. The molecular weight excluding hydrogens is 1650 g/mol. The summed E-state index contributed by atoms with van der Waals surface area (Å²) in [6.07, 6.45) is -12.1. The van der Waals surface area contributed by atoms with E-state index in [-0.39, 0.29) is 101 Å². The van der Waals surface area contributed by atoms with Crippen molar-refractivity contribution in [1.29, 1.82) is 0 Å². The van der Waals surface area contributed by atoms with Crippen molar-refractivity contribution in [2.75, 3.05) is 62.5 Å². The van der Waals surface area contributed by atoms with Gasteiger partial charge in [-0.3, -0.25) is 51.4 Å². The number of carboxylic acids is 3. The minimum absolute atomic E-state index is 0.0244. The number of nitrogens with zero attached hydrogens (tertiary/aromatic N) is 13. The highest BCUT2D eigenvalue weighted by atomic mass is 32.5. The molecule has 0 spiro atoms. The maximum Gasteiger partial charge on any atom is 0.327 e. The summed E-state index contributed by atoms with van der Waals surface area (Å²) in [7, 11) is 0. The standard InChI is InChI=1S/C54H73N19O28P4S5/c55-41-32-44(62-16-59-41)71(19-65-32)49-38(99-103(89,107)92-9-1-8-58-47(80)23-4-2-22(3-5-23)11-70-30(74)10-29(48(70)81)110-15-25(53(84)85)69-54(86)68-24(52(82)83)6-7-31(75)76)36(78)27(97-49)13-94-105(91,109)101-40-37(79)28(98-51(40)73-21-67-34-43(57)61-18-64-46(34)73)14-95-104(90,108)100-39-35(77)26(12-93-102(87,88)106)96-50(39)72-20-66-33-42(56)60-17-63-45(33)72/h16-29,35-40,49-51,77-79H,1-15H2,(H,58,80)(H,75,76)(H,82,83)(H,84,85)(H,89,107)(H,90,108)(H,91,109)(H2,55,59,62)(H2,56,60,63)(H2,57,61,64)(H2,68,69,86)(H2,87,88,106)/t22?,23?,24-,25+,26-,27-,28-,29?,35-,36-,37-,38-,39-,40-,49-,50-,51-,103?,104?,105?/m1/s1. The number of aliphatic hydroxyl groups is 3. The summed E-state index contributed by atoms with van der Waals surface area (Å²) in [5.41, 5.74) is 18.6. The highest BCUT2D eigenvalue weighted by molar-refractivity contribution is 8.08. The smallest absolute Gasteiger partial charge is 0.327 e. The first-order valence-electron chi connectivity index (χ1n) is 32.9. The lowest BCUT2D eigenvalue weighted by molar-refractivity contribution is -0.141. The van der Waals surface area contributed by atoms with E-state index in [1.54, 1.807) is 0 Å². The molecule has 0 radical (unpaired) electrons. The van der Waals surface area contributed by atoms with Crippen LogP contribution in [-0.4, -0.2) is 278 Å². The number of aromatic nitrogens is 12. The number of aliphatic carboxylic acids is 3. The van der Waals surface area contributed by atoms with E-state index in [0.29, 0.717) is 25.7 Å². The van der Waals surface area contributed by atoms with Gasteiger partial charge in [-0.05, 0) is 91.7 Å². The fraction of sp³-hybridized carbons (Fsp3) is 0.593. The zero-order valence-electron chi connectivity index (χ0n) is 56.6. The number of imidazole rings is 3. The molecule has 47 nitrogen and oxygen atoms in total. The second-order valence-corrected chi connectivity index (χ2v) is 37.6. The molecule has 4 unspecified atom stereocenters. The van der Waals surface area contributed by atoms with Gasteiger partial charge in [0.15, 0.2) is 53.1 Å². The van der Waals surface area contributed by atoms with Gasteiger partial charge in [0.25, 0.3) is 0 Å². The number of urea groups is 1. The number of hydrogen-bond donors (Lipinski definition) is 17. The third-order valence-corrected chi connectivity index (χ3v) is 24.8. The number of nitrogen functional groups attached to an aromatic ring is 3. The molecule has 10 heterocycles. The van der Waals surface area contributed by atoms with Crippen molar-refractivity contribution in [2.24, 2.45) is 11.8 Å². The van der Waals surface area contributed by atoms with E-state index in [9.17, 15) is 83.6 Å². The second kappa shape index (κ2) is 35.5. The predicted octanol–water partition coefficient (Wildman–Crippen LogP) is -2.65. The number of nitrogens with one attached hydrogen (secondary N) is 3. The first-order valence-corrected chi connectivity index (χ1v) is 44.3. The van der Waals surface area contributed by atoms with Crippen LogP contribution in [-0.2, 0) is 122 Å². The number of rotatable bonds is 36. The van der Waals surface area contributed by atoms with Crippen molar-refractivity contribution in [3.8, 4) is 0 Å². The van der Waals surface area contributed by atoms with Crippen molar-refractivity contribution in [1.82, 2.24) is 79.4 Å². The molecule has 18 atom stereocenters. The van der Waals surface area contributed by atoms with Crippen LogP contribution in [0.25, 0.3) is 33.5 Å². The Bertz CT molecular complexity index is 4630. The number of thioether (sulfide) groups is 1. The number of likely N-dealkylation sites (tertiary alicyclic amines) is 1. The topological polar surface area (TPSA) is 683 Å². The summed E-state index contributed by atoms with van der Waals surface area (Å²) in [6, 6.07) is -4.45. The van der Waals surface area contributed by atoms with Gasteiger partial charge < -0.3 is 121 Å². The number of imide groups is 1. The molecule has 0 aromatic carbocycles. The van der Waals surface area contributed by atoms with Crippen molar-refractivity contribution >= 4 is 178 Å². The van der Waals surface area contributed by atoms with Crippen LogP contribution < -0.4 is 33.2 Å². The largest absolute Gasteiger partial charge is 0.481 e. The zero-order valence-corrected chi connectivity index (χ0v) is 64.3. The fourth-order valence-corrected chi connectivity index (χ4v) is 18.5. The maximum atomic E-state index is 13.4. The lowest BCUT2D eigenvalue weighted by Crippen LogP contribution is -2.52. The summed E-state index contributed by atoms with van der Waals surface area (Å²) in [5, 5.41) is 69.5. The molecule has 4 aliphatic heterocycles. The van der Waals surface area contributed by atoms with Crippen LogP contribution >= 0.6 is 38.6 Å². The Morgan fingerprint density at radius 3 is 1.43 bits per heavy atom. The van der Waals surface area contributed by atoms with E-state index < -0.39 is 192 Å². The molecule has 0 bridgehead atoms. The van der Waals surface area contributed by atoms with Crippen LogP contribution in [0, 0.1) is 11.8 Å². The number of aliphatic hydroxyl groups excluding tert-OH is 3. The molecule has 5 aliphatic rings. The molecule has 602 valence electrons. The fourth-order valence-electron chi connectivity index (χ4n) is 12.5. The van der Waals surface area contributed by atoms with Crippen molar-refractivity contribution in [3.63, 3.8) is 0 Å². The number of amides is 5. The molecular formula is C54H73N19O28P4S5. The van der Waals surface area contributed by atoms with Crippen LogP contribution in [0.1, 0.15) is 70.1 Å². The quantitative estimate of drug-likeness (QED) is 0.0109. The number of hydrogen-bond acceptors (Lipinski definition) is 37. The molecule has 5 fully saturated rings. The summed E-state index contributed by atoms with van der Waals surface area (Å²) >= 11 is 21.7. The minimum atomic E-state index is -4.71. The SMILES string of the molecule is Nc1ncnc2c1ncn2[C@@H]1O[C@H](COP(O)(O)=S)[C@@H](O)[C@H]1OP(O)(=S)OC[C@H]1O[C@@H](n2cnc3c(N)ncnc32)[C@H](OP(O)(=S)OC[C@H]2O[C@@H](n3cnc4c(N)ncnc43)[C@H](OP(O)(=S)OCCCNC(=O)C3CCC(CN4C(=O)CC(SC[C@H](NC(=O)N[C@H](CCC(=O)O)C(=O)O)C(=O)O)C4=O)CC3)[C@@H]2O)[C@@H]1O. The van der Waals surface area contributed by atoms with Gasteiger partial charge in [0, 0.05) is 37.6 Å². The zero-order chi connectivity index (χ0) is 79.5. The first kappa shape index (κ1) is 84.5. The van der Waals surface area contributed by atoms with Gasteiger partial charge in [0.1, 0.15) is 103 Å². The number of carbonyl (C=O) groups is 7. The van der Waals surface area contributed by atoms with E-state index >= 15 is 0 Å². The third-order valence-electron chi connectivity index (χ3n) is 18.0. The molecule has 11 rings (SSSR count). The molecule has 4 saturated heterocycles. The summed E-state index contributed by atoms with van der Waals surface area (Å²) < 4.78 is 62.4. The molecule has 110 heavy (non-hydrogen) atoms. The van der Waals surface area contributed by atoms with Crippen LogP contribution in [0.15, 0.2) is 38.0 Å². The average molecular weight is 1720 g/mol. The lowest BCUT2D eigenvalue weighted by Gasteiger charge is -2.30. The Morgan fingerprint density at radius 1 is 0.591 bits per heavy atom.